The van der Waals surface area contributed by atoms with E-state index in [0.29, 0.717) is 12.1 Å². The minimum Gasteiger partial charge on any atom is -0.354 e. The Hall–Kier alpha value is -3.80. The van der Waals surface area contributed by atoms with Gasteiger partial charge in [0.1, 0.15) is 10.8 Å². The van der Waals surface area contributed by atoms with E-state index in [0.717, 1.165) is 53.8 Å². The molecule has 1 amide bonds. The molecule has 0 aliphatic carbocycles. The van der Waals surface area contributed by atoms with Crippen molar-refractivity contribution in [3.8, 4) is 16.6 Å². The largest absolute Gasteiger partial charge is 0.354 e. The Bertz CT molecular complexity index is 1370. The molecule has 0 saturated carbocycles. The van der Waals surface area contributed by atoms with Crippen LogP contribution >= 0.6 is 11.3 Å². The van der Waals surface area contributed by atoms with E-state index in [2.05, 4.69) is 51.3 Å². The molecule has 0 unspecified atom stereocenters. The number of pyridine rings is 1. The van der Waals surface area contributed by atoms with Gasteiger partial charge in [-0.25, -0.2) is 9.97 Å². The molecule has 1 aliphatic heterocycles. The average Bonchev–Trinajstić information content (AvgIpc) is 3.28. The maximum Gasteiger partial charge on any atom is 0.238 e. The molecule has 1 aliphatic rings. The number of aromatic nitrogens is 2. The Kier molecular flexibility index (Phi) is 6.21. The molecule has 3 heterocycles. The molecule has 1 fully saturated rings. The molecule has 8 heteroatoms. The minimum atomic E-state index is -0.0266. The molecule has 4 aromatic rings. The monoisotopic (exact) mass is 468 g/mol. The fraction of sp³-hybridized carbons (Fsp3) is 0.231. The lowest BCUT2D eigenvalue weighted by Crippen LogP contribution is -2.48. The summed E-state index contributed by atoms with van der Waals surface area (Å²) in [4.78, 5) is 26.0. The summed E-state index contributed by atoms with van der Waals surface area (Å²) in [5, 5.41) is 13.1. The normalized spacial score (nSPS) is 14.2. The fourth-order valence-electron chi connectivity index (χ4n) is 4.05. The molecule has 7 nitrogen and oxygen atoms in total. The highest BCUT2D eigenvalue weighted by atomic mass is 32.1. The van der Waals surface area contributed by atoms with E-state index in [1.54, 1.807) is 29.7 Å². The number of nitriles is 1. The number of nitrogens with one attached hydrogen (secondary N) is 1. The first-order valence-electron chi connectivity index (χ1n) is 11.2. The SMILES string of the molecule is Cc1ccc2nc(-c3ccc(NC(=O)CN4CCN(c5cc(C#N)ccn5)CC4)cc3)sc2c1. The number of piperazine rings is 1. The van der Waals surface area contributed by atoms with Gasteiger partial charge in [0.25, 0.3) is 0 Å². The van der Waals surface area contributed by atoms with Gasteiger partial charge in [-0.2, -0.15) is 5.26 Å². The number of nitrogens with zero attached hydrogens (tertiary/aromatic N) is 5. The van der Waals surface area contributed by atoms with Crippen molar-refractivity contribution < 1.29 is 4.79 Å². The summed E-state index contributed by atoms with van der Waals surface area (Å²) < 4.78 is 1.18. The number of benzene rings is 2. The summed E-state index contributed by atoms with van der Waals surface area (Å²) in [6.45, 7) is 5.50. The van der Waals surface area contributed by atoms with Crippen LogP contribution in [0.4, 0.5) is 11.5 Å². The number of fused-ring (bicyclic) bond motifs is 1. The van der Waals surface area contributed by atoms with E-state index in [1.165, 1.54) is 10.3 Å². The van der Waals surface area contributed by atoms with Crippen LogP contribution in [0.1, 0.15) is 11.1 Å². The van der Waals surface area contributed by atoms with Gasteiger partial charge in [-0.05, 0) is 61.0 Å². The van der Waals surface area contributed by atoms with Crippen molar-refractivity contribution in [1.82, 2.24) is 14.9 Å². The van der Waals surface area contributed by atoms with Crippen LogP contribution < -0.4 is 10.2 Å². The molecule has 170 valence electrons. The van der Waals surface area contributed by atoms with Crippen LogP contribution in [-0.2, 0) is 4.79 Å². The van der Waals surface area contributed by atoms with Gasteiger partial charge in [-0.1, -0.05) is 6.07 Å². The van der Waals surface area contributed by atoms with E-state index in [-0.39, 0.29) is 5.91 Å². The number of aryl methyl sites for hydroxylation is 1. The van der Waals surface area contributed by atoms with Crippen molar-refractivity contribution in [2.75, 3.05) is 42.9 Å². The first-order chi connectivity index (χ1) is 16.6. The third-order valence-corrected chi connectivity index (χ3v) is 6.96. The predicted octanol–water partition coefficient (Wildman–Crippen LogP) is 4.30. The Morgan fingerprint density at radius 3 is 2.65 bits per heavy atom. The Morgan fingerprint density at radius 1 is 1.09 bits per heavy atom. The first kappa shape index (κ1) is 22.0. The van der Waals surface area contributed by atoms with Gasteiger partial charge in [0.2, 0.25) is 5.91 Å². The average molecular weight is 469 g/mol. The van der Waals surface area contributed by atoms with Crippen molar-refractivity contribution in [3.05, 3.63) is 71.9 Å². The van der Waals surface area contributed by atoms with Crippen molar-refractivity contribution in [1.29, 1.82) is 5.26 Å². The number of carbonyl (C=O) groups is 1. The van der Waals surface area contributed by atoms with E-state index in [4.69, 9.17) is 10.2 Å². The summed E-state index contributed by atoms with van der Waals surface area (Å²) in [6, 6.07) is 19.8. The van der Waals surface area contributed by atoms with Crippen LogP contribution in [0.2, 0.25) is 0 Å². The highest BCUT2D eigenvalue weighted by molar-refractivity contribution is 7.21. The number of carbonyl (C=O) groups excluding carboxylic acids is 1. The molecular weight excluding hydrogens is 444 g/mol. The molecule has 0 atom stereocenters. The third kappa shape index (κ3) is 4.91. The quantitative estimate of drug-likeness (QED) is 0.470. The summed E-state index contributed by atoms with van der Waals surface area (Å²) in [5.74, 6) is 0.785. The van der Waals surface area contributed by atoms with Gasteiger partial charge in [-0.15, -0.1) is 11.3 Å². The van der Waals surface area contributed by atoms with Gasteiger partial charge in [-0.3, -0.25) is 9.69 Å². The maximum absolute atomic E-state index is 12.6. The topological polar surface area (TPSA) is 85.2 Å². The molecule has 5 rings (SSSR count). The van der Waals surface area contributed by atoms with Crippen LogP contribution in [0.15, 0.2) is 60.8 Å². The highest BCUT2D eigenvalue weighted by Gasteiger charge is 2.20. The summed E-state index contributed by atoms with van der Waals surface area (Å²) in [6.07, 6.45) is 1.66. The van der Waals surface area contributed by atoms with Crippen molar-refractivity contribution in [2.24, 2.45) is 0 Å². The summed E-state index contributed by atoms with van der Waals surface area (Å²) >= 11 is 1.68. The first-order valence-corrected chi connectivity index (χ1v) is 12.0. The lowest BCUT2D eigenvalue weighted by Gasteiger charge is -2.35. The molecule has 2 aromatic heterocycles. The molecule has 0 bridgehead atoms. The van der Waals surface area contributed by atoms with Crippen LogP contribution in [0.5, 0.6) is 0 Å². The third-order valence-electron chi connectivity index (χ3n) is 5.90. The number of amides is 1. The molecule has 1 saturated heterocycles. The fourth-order valence-corrected chi connectivity index (χ4v) is 5.12. The van der Waals surface area contributed by atoms with Gasteiger partial charge in [0, 0.05) is 43.6 Å². The second-order valence-electron chi connectivity index (χ2n) is 8.39. The second-order valence-corrected chi connectivity index (χ2v) is 9.42. The summed E-state index contributed by atoms with van der Waals surface area (Å²) in [5.41, 5.74) is 4.67. The van der Waals surface area contributed by atoms with E-state index < -0.39 is 0 Å². The van der Waals surface area contributed by atoms with Crippen molar-refractivity contribution >= 4 is 39.0 Å². The maximum atomic E-state index is 12.6. The summed E-state index contributed by atoms with van der Waals surface area (Å²) in [7, 11) is 0. The van der Waals surface area contributed by atoms with Gasteiger partial charge in [0.15, 0.2) is 0 Å². The zero-order valence-electron chi connectivity index (χ0n) is 18.9. The van der Waals surface area contributed by atoms with Gasteiger partial charge in [0.05, 0.1) is 28.4 Å². The number of rotatable bonds is 5. The smallest absolute Gasteiger partial charge is 0.238 e. The Labute approximate surface area is 202 Å². The standard InChI is InChI=1S/C26H24N6OS/c1-18-2-7-22-23(14-18)34-26(30-22)20-3-5-21(6-4-20)29-25(33)17-31-10-12-32(13-11-31)24-15-19(16-27)8-9-28-24/h2-9,14-15H,10-13,17H2,1H3,(H,29,33). The van der Waals surface area contributed by atoms with Gasteiger partial charge < -0.3 is 10.2 Å². The van der Waals surface area contributed by atoms with E-state index in [1.807, 2.05) is 24.3 Å². The van der Waals surface area contributed by atoms with Gasteiger partial charge >= 0.3 is 0 Å². The van der Waals surface area contributed by atoms with Crippen LogP contribution in [0.25, 0.3) is 20.8 Å². The van der Waals surface area contributed by atoms with Crippen molar-refractivity contribution in [2.45, 2.75) is 6.92 Å². The molecule has 1 N–H and O–H groups in total. The predicted molar refractivity (Wildman–Crippen MR) is 136 cm³/mol. The lowest BCUT2D eigenvalue weighted by molar-refractivity contribution is -0.117. The number of thiazole rings is 1. The van der Waals surface area contributed by atoms with Crippen LogP contribution in [0, 0.1) is 18.3 Å². The molecule has 34 heavy (non-hydrogen) atoms. The minimum absolute atomic E-state index is 0.0266. The number of anilines is 2. The molecule has 2 aromatic carbocycles. The molecule has 0 radical (unpaired) electrons. The lowest BCUT2D eigenvalue weighted by atomic mass is 10.2. The zero-order chi connectivity index (χ0) is 23.5. The zero-order valence-corrected chi connectivity index (χ0v) is 19.7. The van der Waals surface area contributed by atoms with E-state index >= 15 is 0 Å². The molecular formula is C26H24N6OS. The highest BCUT2D eigenvalue weighted by Crippen LogP contribution is 2.31. The van der Waals surface area contributed by atoms with Crippen LogP contribution in [0.3, 0.4) is 0 Å². The van der Waals surface area contributed by atoms with Crippen molar-refractivity contribution in [3.63, 3.8) is 0 Å². The van der Waals surface area contributed by atoms with Crippen LogP contribution in [-0.4, -0.2) is 53.5 Å². The Morgan fingerprint density at radius 2 is 1.88 bits per heavy atom. The number of hydrogen-bond donors (Lipinski definition) is 1. The number of hydrogen-bond acceptors (Lipinski definition) is 7. The van der Waals surface area contributed by atoms with E-state index in [9.17, 15) is 4.79 Å². The Balaban J connectivity index is 1.15. The molecule has 0 spiro atoms. The second kappa shape index (κ2) is 9.59.